The fourth-order valence-corrected chi connectivity index (χ4v) is 1.53. The molecular formula is C12H21N3. The predicted octanol–water partition coefficient (Wildman–Crippen LogP) is 1.91. The Kier molecular flexibility index (Phi) is 5.12. The van der Waals surface area contributed by atoms with Gasteiger partial charge in [-0.15, -0.1) is 6.58 Å². The molecule has 0 aliphatic rings. The molecule has 1 aromatic heterocycles. The van der Waals surface area contributed by atoms with E-state index in [1.54, 1.807) is 0 Å². The second-order valence-electron chi connectivity index (χ2n) is 3.99. The second-order valence-corrected chi connectivity index (χ2v) is 3.99. The van der Waals surface area contributed by atoms with E-state index in [0.717, 1.165) is 25.8 Å². The number of nitrogens with one attached hydrogen (secondary N) is 1. The molecule has 84 valence electrons. The maximum absolute atomic E-state index is 4.14. The number of hydrogen-bond acceptors (Lipinski definition) is 2. The van der Waals surface area contributed by atoms with E-state index in [1.165, 1.54) is 5.56 Å². The number of hydrogen-bond donors (Lipinski definition) is 1. The summed E-state index contributed by atoms with van der Waals surface area (Å²) in [6, 6.07) is 0.569. The van der Waals surface area contributed by atoms with Crippen LogP contribution < -0.4 is 5.32 Å². The summed E-state index contributed by atoms with van der Waals surface area (Å²) in [7, 11) is 1.95. The van der Waals surface area contributed by atoms with Crippen molar-refractivity contribution >= 4 is 0 Å². The first-order chi connectivity index (χ1) is 7.22. The van der Waals surface area contributed by atoms with Crippen molar-refractivity contribution in [3.63, 3.8) is 0 Å². The molecule has 1 heterocycles. The minimum atomic E-state index is 0.569. The topological polar surface area (TPSA) is 29.9 Å². The van der Waals surface area contributed by atoms with Crippen molar-refractivity contribution in [3.8, 4) is 0 Å². The maximum atomic E-state index is 4.14. The lowest BCUT2D eigenvalue weighted by Gasteiger charge is -2.11. The molecule has 0 aliphatic carbocycles. The molecule has 1 aromatic rings. The van der Waals surface area contributed by atoms with Gasteiger partial charge in [-0.05, 0) is 38.3 Å². The van der Waals surface area contributed by atoms with Crippen LogP contribution in [0.15, 0.2) is 25.0 Å². The smallest absolute Gasteiger partial charge is 0.0522 e. The van der Waals surface area contributed by atoms with E-state index in [9.17, 15) is 0 Å². The summed E-state index contributed by atoms with van der Waals surface area (Å²) in [5, 5.41) is 7.63. The molecule has 0 amide bonds. The van der Waals surface area contributed by atoms with Crippen LogP contribution in [0.3, 0.4) is 0 Å². The van der Waals surface area contributed by atoms with Crippen LogP contribution in [0.1, 0.15) is 25.3 Å². The molecule has 15 heavy (non-hydrogen) atoms. The minimum absolute atomic E-state index is 0.569. The third-order valence-corrected chi connectivity index (χ3v) is 2.47. The summed E-state index contributed by atoms with van der Waals surface area (Å²) in [6.45, 7) is 6.96. The van der Waals surface area contributed by atoms with Crippen molar-refractivity contribution in [2.45, 2.75) is 32.2 Å². The van der Waals surface area contributed by atoms with Gasteiger partial charge in [-0.25, -0.2) is 0 Å². The highest BCUT2D eigenvalue weighted by Gasteiger charge is 2.00. The van der Waals surface area contributed by atoms with Crippen LogP contribution in [-0.4, -0.2) is 22.4 Å². The molecule has 1 N–H and O–H groups in total. The van der Waals surface area contributed by atoms with Gasteiger partial charge in [0.1, 0.15) is 0 Å². The summed E-state index contributed by atoms with van der Waals surface area (Å²) >= 11 is 0. The molecule has 0 saturated carbocycles. The van der Waals surface area contributed by atoms with Gasteiger partial charge in [0.05, 0.1) is 6.20 Å². The average Bonchev–Trinajstić information content (AvgIpc) is 2.61. The monoisotopic (exact) mass is 207 g/mol. The lowest BCUT2D eigenvalue weighted by atomic mass is 10.1. The summed E-state index contributed by atoms with van der Waals surface area (Å²) in [5.74, 6) is 0. The van der Waals surface area contributed by atoms with Gasteiger partial charge in [-0.1, -0.05) is 6.08 Å². The zero-order valence-electron chi connectivity index (χ0n) is 9.74. The Morgan fingerprint density at radius 2 is 2.47 bits per heavy atom. The van der Waals surface area contributed by atoms with Crippen molar-refractivity contribution in [2.24, 2.45) is 7.05 Å². The van der Waals surface area contributed by atoms with Crippen molar-refractivity contribution in [1.82, 2.24) is 15.1 Å². The van der Waals surface area contributed by atoms with E-state index >= 15 is 0 Å². The number of rotatable bonds is 7. The molecule has 0 bridgehead atoms. The highest BCUT2D eigenvalue weighted by atomic mass is 15.2. The zero-order valence-corrected chi connectivity index (χ0v) is 9.74. The van der Waals surface area contributed by atoms with E-state index in [-0.39, 0.29) is 0 Å². The van der Waals surface area contributed by atoms with Crippen LogP contribution >= 0.6 is 0 Å². The summed E-state index contributed by atoms with van der Waals surface area (Å²) in [6.07, 6.45) is 9.26. The van der Waals surface area contributed by atoms with Crippen molar-refractivity contribution in [1.29, 1.82) is 0 Å². The minimum Gasteiger partial charge on any atom is -0.314 e. The SMILES string of the molecule is C=CCCC(C)NCCc1cnn(C)c1. The summed E-state index contributed by atoms with van der Waals surface area (Å²) < 4.78 is 1.84. The molecule has 1 rings (SSSR count). The van der Waals surface area contributed by atoms with Crippen molar-refractivity contribution < 1.29 is 0 Å². The Morgan fingerprint density at radius 1 is 1.67 bits per heavy atom. The number of aromatic nitrogens is 2. The Balaban J connectivity index is 2.13. The molecule has 1 unspecified atom stereocenters. The second kappa shape index (κ2) is 6.40. The predicted molar refractivity (Wildman–Crippen MR) is 63.8 cm³/mol. The van der Waals surface area contributed by atoms with E-state index in [0.29, 0.717) is 6.04 Å². The first kappa shape index (κ1) is 12.0. The Labute approximate surface area is 92.2 Å². The largest absolute Gasteiger partial charge is 0.314 e. The molecule has 0 radical (unpaired) electrons. The Bertz CT molecular complexity index is 291. The van der Waals surface area contributed by atoms with Crippen molar-refractivity contribution in [3.05, 3.63) is 30.6 Å². The van der Waals surface area contributed by atoms with E-state index in [4.69, 9.17) is 0 Å². The number of nitrogens with zero attached hydrogens (tertiary/aromatic N) is 2. The van der Waals surface area contributed by atoms with Gasteiger partial charge in [0, 0.05) is 19.3 Å². The molecule has 0 saturated heterocycles. The first-order valence-corrected chi connectivity index (χ1v) is 5.54. The van der Waals surface area contributed by atoms with Crippen LogP contribution in [0.4, 0.5) is 0 Å². The fourth-order valence-electron chi connectivity index (χ4n) is 1.53. The Morgan fingerprint density at radius 3 is 3.07 bits per heavy atom. The standard InChI is InChI=1S/C12H21N3/c1-4-5-6-11(2)13-8-7-12-9-14-15(3)10-12/h4,9-11,13H,1,5-8H2,2-3H3. The first-order valence-electron chi connectivity index (χ1n) is 5.54. The van der Waals surface area contributed by atoms with Crippen LogP contribution in [0, 0.1) is 0 Å². The average molecular weight is 207 g/mol. The summed E-state index contributed by atoms with van der Waals surface area (Å²) in [5.41, 5.74) is 1.29. The van der Waals surface area contributed by atoms with Crippen LogP contribution in [0.5, 0.6) is 0 Å². The lowest BCUT2D eigenvalue weighted by Crippen LogP contribution is -2.27. The van der Waals surface area contributed by atoms with Gasteiger partial charge in [0.25, 0.3) is 0 Å². The quantitative estimate of drug-likeness (QED) is 0.692. The third kappa shape index (κ3) is 4.79. The van der Waals surface area contributed by atoms with E-state index in [1.807, 2.05) is 24.0 Å². The van der Waals surface area contributed by atoms with Gasteiger partial charge in [-0.3, -0.25) is 4.68 Å². The number of aryl methyl sites for hydroxylation is 1. The molecule has 0 aromatic carbocycles. The highest BCUT2D eigenvalue weighted by molar-refractivity contribution is 5.03. The van der Waals surface area contributed by atoms with Gasteiger partial charge >= 0.3 is 0 Å². The van der Waals surface area contributed by atoms with Crippen LogP contribution in [-0.2, 0) is 13.5 Å². The van der Waals surface area contributed by atoms with Gasteiger partial charge in [-0.2, -0.15) is 5.10 Å². The fraction of sp³-hybridized carbons (Fsp3) is 0.583. The molecule has 3 nitrogen and oxygen atoms in total. The normalized spacial score (nSPS) is 12.7. The van der Waals surface area contributed by atoms with Gasteiger partial charge < -0.3 is 5.32 Å². The highest BCUT2D eigenvalue weighted by Crippen LogP contribution is 1.99. The molecule has 3 heteroatoms. The Hall–Kier alpha value is -1.09. The van der Waals surface area contributed by atoms with Gasteiger partial charge in [0.15, 0.2) is 0 Å². The van der Waals surface area contributed by atoms with Crippen LogP contribution in [0.2, 0.25) is 0 Å². The molecule has 0 aliphatic heterocycles. The molecule has 1 atom stereocenters. The summed E-state index contributed by atoms with van der Waals surface area (Å²) in [4.78, 5) is 0. The molecule has 0 fully saturated rings. The molecular weight excluding hydrogens is 186 g/mol. The van der Waals surface area contributed by atoms with Crippen LogP contribution in [0.25, 0.3) is 0 Å². The van der Waals surface area contributed by atoms with Gasteiger partial charge in [0.2, 0.25) is 0 Å². The zero-order chi connectivity index (χ0) is 11.1. The van der Waals surface area contributed by atoms with E-state index < -0.39 is 0 Å². The number of allylic oxidation sites excluding steroid dienone is 1. The lowest BCUT2D eigenvalue weighted by molar-refractivity contribution is 0.521. The molecule has 0 spiro atoms. The van der Waals surface area contributed by atoms with Crippen molar-refractivity contribution in [2.75, 3.05) is 6.54 Å². The third-order valence-electron chi connectivity index (χ3n) is 2.47. The van der Waals surface area contributed by atoms with E-state index in [2.05, 4.69) is 30.1 Å². The maximum Gasteiger partial charge on any atom is 0.0522 e.